The molecule has 0 saturated carbocycles. The van der Waals surface area contributed by atoms with Crippen LogP contribution in [0.4, 0.5) is 0 Å². The molecule has 20 heavy (non-hydrogen) atoms. The maximum absolute atomic E-state index is 12.1. The maximum Gasteiger partial charge on any atom is 0.262 e. The van der Waals surface area contributed by atoms with E-state index in [4.69, 9.17) is 5.73 Å². The first-order valence-electron chi connectivity index (χ1n) is 6.31. The number of carbonyl (C=O) groups excluding carboxylic acids is 1. The van der Waals surface area contributed by atoms with Crippen molar-refractivity contribution in [2.24, 2.45) is 5.73 Å². The Morgan fingerprint density at radius 3 is 2.75 bits per heavy atom. The molecule has 0 aliphatic rings. The van der Waals surface area contributed by atoms with E-state index < -0.39 is 0 Å². The minimum Gasteiger partial charge on any atom is -0.347 e. The predicted octanol–water partition coefficient (Wildman–Crippen LogP) is 2.30. The third-order valence-electron chi connectivity index (χ3n) is 2.77. The summed E-state index contributed by atoms with van der Waals surface area (Å²) in [4.78, 5) is 12.8. The monoisotopic (exact) mass is 284 g/mol. The highest BCUT2D eigenvalue weighted by atomic mass is 32.1. The lowest BCUT2D eigenvalue weighted by Gasteiger charge is -2.05. The van der Waals surface area contributed by atoms with E-state index in [9.17, 15) is 4.79 Å². The van der Waals surface area contributed by atoms with Gasteiger partial charge in [-0.2, -0.15) is 0 Å². The van der Waals surface area contributed by atoms with Crippen molar-refractivity contribution in [3.63, 3.8) is 0 Å². The number of nitrogens with two attached hydrogens (primary N) is 1. The number of aryl methyl sites for hydroxylation is 1. The Balaban J connectivity index is 2.02. The number of amides is 1. The quantitative estimate of drug-likeness (QED) is 0.850. The molecule has 1 aromatic heterocycles. The molecule has 1 heterocycles. The molecule has 1 aromatic carbocycles. The van der Waals surface area contributed by atoms with Crippen molar-refractivity contribution >= 4 is 17.2 Å². The lowest BCUT2D eigenvalue weighted by atomic mass is 10.1. The fourth-order valence-corrected chi connectivity index (χ4v) is 2.46. The van der Waals surface area contributed by atoms with Crippen LogP contribution in [0.5, 0.6) is 0 Å². The molecule has 4 heteroatoms. The van der Waals surface area contributed by atoms with Gasteiger partial charge in [0.05, 0.1) is 6.54 Å². The summed E-state index contributed by atoms with van der Waals surface area (Å²) in [5.74, 6) is 5.59. The van der Waals surface area contributed by atoms with Gasteiger partial charge in [0.15, 0.2) is 0 Å². The largest absolute Gasteiger partial charge is 0.347 e. The van der Waals surface area contributed by atoms with Crippen LogP contribution < -0.4 is 11.1 Å². The molecule has 102 valence electrons. The van der Waals surface area contributed by atoms with Crippen LogP contribution in [0.1, 0.15) is 26.4 Å². The third-order valence-corrected chi connectivity index (χ3v) is 3.68. The Labute approximate surface area is 122 Å². The summed E-state index contributed by atoms with van der Waals surface area (Å²) < 4.78 is 0. The zero-order valence-corrected chi connectivity index (χ0v) is 12.1. The normalized spacial score (nSPS) is 9.70. The highest BCUT2D eigenvalue weighted by Gasteiger charge is 2.11. The first-order valence-corrected chi connectivity index (χ1v) is 7.19. The minimum absolute atomic E-state index is 0.0955. The van der Waals surface area contributed by atoms with Gasteiger partial charge in [0, 0.05) is 12.1 Å². The second-order valence-corrected chi connectivity index (χ2v) is 5.25. The van der Waals surface area contributed by atoms with Gasteiger partial charge in [0.2, 0.25) is 0 Å². The molecular formula is C16H16N2OS. The summed E-state index contributed by atoms with van der Waals surface area (Å²) >= 11 is 1.39. The Morgan fingerprint density at radius 1 is 1.30 bits per heavy atom. The average Bonchev–Trinajstić information content (AvgIpc) is 2.92. The molecule has 0 radical (unpaired) electrons. The first kappa shape index (κ1) is 14.3. The zero-order chi connectivity index (χ0) is 14.4. The molecule has 0 saturated heterocycles. The van der Waals surface area contributed by atoms with E-state index in [2.05, 4.69) is 17.2 Å². The molecular weight excluding hydrogens is 268 g/mol. The summed E-state index contributed by atoms with van der Waals surface area (Å²) in [7, 11) is 0. The van der Waals surface area contributed by atoms with Crippen molar-refractivity contribution in [2.75, 3.05) is 6.54 Å². The Bertz CT molecular complexity index is 647. The second-order valence-electron chi connectivity index (χ2n) is 4.34. The number of nitrogens with one attached hydrogen (secondary N) is 1. The van der Waals surface area contributed by atoms with E-state index in [0.717, 1.165) is 11.1 Å². The van der Waals surface area contributed by atoms with E-state index >= 15 is 0 Å². The highest BCUT2D eigenvalue weighted by Crippen LogP contribution is 2.15. The summed E-state index contributed by atoms with van der Waals surface area (Å²) in [6.45, 7) is 2.84. The summed E-state index contributed by atoms with van der Waals surface area (Å²) in [6, 6.07) is 9.93. The van der Waals surface area contributed by atoms with Crippen LogP contribution in [0.25, 0.3) is 0 Å². The topological polar surface area (TPSA) is 55.1 Å². The predicted molar refractivity (Wildman–Crippen MR) is 82.6 cm³/mol. The van der Waals surface area contributed by atoms with Gasteiger partial charge in [-0.25, -0.2) is 0 Å². The minimum atomic E-state index is -0.0955. The third kappa shape index (κ3) is 3.70. The SMILES string of the molecule is Cc1ccc(CNC(=O)c2sccc2C#CCN)cc1. The molecule has 3 N–H and O–H groups in total. The van der Waals surface area contributed by atoms with Gasteiger partial charge >= 0.3 is 0 Å². The van der Waals surface area contributed by atoms with E-state index in [1.165, 1.54) is 16.9 Å². The molecule has 0 spiro atoms. The molecule has 1 amide bonds. The molecule has 3 nitrogen and oxygen atoms in total. The van der Waals surface area contributed by atoms with Crippen molar-refractivity contribution in [2.45, 2.75) is 13.5 Å². The standard InChI is InChI=1S/C16H16N2OS/c1-12-4-6-13(7-5-12)11-18-16(19)15-14(3-2-9-17)8-10-20-15/h4-8,10H,9,11,17H2,1H3,(H,18,19). The zero-order valence-electron chi connectivity index (χ0n) is 11.3. The van der Waals surface area contributed by atoms with E-state index in [1.54, 1.807) is 0 Å². The number of carbonyl (C=O) groups is 1. The first-order chi connectivity index (χ1) is 9.70. The summed E-state index contributed by atoms with van der Waals surface area (Å²) in [5, 5.41) is 4.77. The van der Waals surface area contributed by atoms with Gasteiger partial charge in [-0.05, 0) is 23.9 Å². The van der Waals surface area contributed by atoms with Gasteiger partial charge in [-0.3, -0.25) is 4.79 Å². The highest BCUT2D eigenvalue weighted by molar-refractivity contribution is 7.12. The van der Waals surface area contributed by atoms with Gasteiger partial charge in [0.25, 0.3) is 5.91 Å². The van der Waals surface area contributed by atoms with Crippen LogP contribution in [-0.2, 0) is 6.54 Å². The van der Waals surface area contributed by atoms with Crippen LogP contribution in [-0.4, -0.2) is 12.5 Å². The van der Waals surface area contributed by atoms with Crippen molar-refractivity contribution in [3.8, 4) is 11.8 Å². The van der Waals surface area contributed by atoms with Gasteiger partial charge in [-0.1, -0.05) is 41.7 Å². The molecule has 0 bridgehead atoms. The number of rotatable bonds is 3. The molecule has 2 rings (SSSR count). The van der Waals surface area contributed by atoms with Crippen molar-refractivity contribution in [1.29, 1.82) is 0 Å². The Morgan fingerprint density at radius 2 is 2.05 bits per heavy atom. The lowest BCUT2D eigenvalue weighted by Crippen LogP contribution is -2.22. The molecule has 0 aliphatic heterocycles. The van der Waals surface area contributed by atoms with Crippen molar-refractivity contribution in [1.82, 2.24) is 5.32 Å². The molecule has 2 aromatic rings. The van der Waals surface area contributed by atoms with E-state index in [0.29, 0.717) is 18.0 Å². The fraction of sp³-hybridized carbons (Fsp3) is 0.188. The van der Waals surface area contributed by atoms with Crippen LogP contribution in [0.2, 0.25) is 0 Å². The van der Waals surface area contributed by atoms with Gasteiger partial charge in [-0.15, -0.1) is 11.3 Å². The van der Waals surface area contributed by atoms with Crippen molar-refractivity contribution < 1.29 is 4.79 Å². The number of benzene rings is 1. The van der Waals surface area contributed by atoms with Crippen LogP contribution in [0.15, 0.2) is 35.7 Å². The molecule has 0 unspecified atom stereocenters. The maximum atomic E-state index is 12.1. The molecule has 0 fully saturated rings. The lowest BCUT2D eigenvalue weighted by molar-refractivity contribution is 0.0955. The Kier molecular flexibility index (Phi) is 4.94. The number of thiophene rings is 1. The van der Waals surface area contributed by atoms with Crippen LogP contribution in [0, 0.1) is 18.8 Å². The Hall–Kier alpha value is -2.09. The van der Waals surface area contributed by atoms with Crippen molar-refractivity contribution in [3.05, 3.63) is 57.3 Å². The smallest absolute Gasteiger partial charge is 0.262 e. The number of hydrogen-bond acceptors (Lipinski definition) is 3. The van der Waals surface area contributed by atoms with Crippen LogP contribution in [0.3, 0.4) is 0 Å². The van der Waals surface area contributed by atoms with Crippen LogP contribution >= 0.6 is 11.3 Å². The van der Waals surface area contributed by atoms with E-state index in [1.807, 2.05) is 42.6 Å². The molecule has 0 atom stereocenters. The average molecular weight is 284 g/mol. The number of hydrogen-bond donors (Lipinski definition) is 2. The van der Waals surface area contributed by atoms with Gasteiger partial charge in [0.1, 0.15) is 4.88 Å². The molecule has 0 aliphatic carbocycles. The fourth-order valence-electron chi connectivity index (χ4n) is 1.70. The summed E-state index contributed by atoms with van der Waals surface area (Å²) in [6.07, 6.45) is 0. The summed E-state index contributed by atoms with van der Waals surface area (Å²) in [5.41, 5.74) is 8.37. The second kappa shape index (κ2) is 6.90. The van der Waals surface area contributed by atoms with E-state index in [-0.39, 0.29) is 5.91 Å². The van der Waals surface area contributed by atoms with Gasteiger partial charge < -0.3 is 11.1 Å².